The second-order valence-corrected chi connectivity index (χ2v) is 4.97. The van der Waals surface area contributed by atoms with E-state index in [1.165, 1.54) is 6.07 Å². The average molecular weight is 272 g/mol. The Balaban J connectivity index is 2.32. The van der Waals surface area contributed by atoms with E-state index in [9.17, 15) is 14.3 Å². The lowest BCUT2D eigenvalue weighted by molar-refractivity contribution is 0.276. The van der Waals surface area contributed by atoms with E-state index in [-0.39, 0.29) is 16.8 Å². The molecule has 3 rings (SSSR count). The number of nitrogens with one attached hydrogen (secondary N) is 1. The molecule has 0 unspecified atom stereocenters. The monoisotopic (exact) mass is 272 g/mol. The van der Waals surface area contributed by atoms with Crippen molar-refractivity contribution in [2.45, 2.75) is 26.4 Å². The Hall–Kier alpha value is -2.19. The van der Waals surface area contributed by atoms with Gasteiger partial charge in [-0.15, -0.1) is 0 Å². The summed E-state index contributed by atoms with van der Waals surface area (Å²) in [5.74, 6) is 5.82. The fraction of sp³-hybridized carbons (Fsp3) is 0.333. The van der Waals surface area contributed by atoms with Crippen LogP contribution in [-0.2, 0) is 6.61 Å². The lowest BCUT2D eigenvalue weighted by Gasteiger charge is -2.07. The minimum Gasteiger partial charge on any atom is -0.392 e. The molecule has 0 spiro atoms. The third-order valence-corrected chi connectivity index (χ3v) is 3.32. The third-order valence-electron chi connectivity index (χ3n) is 3.32. The highest BCUT2D eigenvalue weighted by molar-refractivity contribution is 5.82. The molecule has 0 bridgehead atoms. The van der Waals surface area contributed by atoms with E-state index in [0.29, 0.717) is 17.0 Å². The van der Waals surface area contributed by atoms with Gasteiger partial charge < -0.3 is 10.1 Å². The Labute approximate surface area is 114 Å². The van der Waals surface area contributed by atoms with E-state index in [1.54, 1.807) is 6.92 Å². The minimum absolute atomic E-state index is 0.00671. The Morgan fingerprint density at radius 2 is 2.30 bits per heavy atom. The van der Waals surface area contributed by atoms with Crippen molar-refractivity contribution in [3.8, 4) is 11.8 Å². The highest BCUT2D eigenvalue weighted by atomic mass is 19.1. The van der Waals surface area contributed by atoms with E-state index in [2.05, 4.69) is 21.8 Å². The summed E-state index contributed by atoms with van der Waals surface area (Å²) < 4.78 is 14.2. The largest absolute Gasteiger partial charge is 0.392 e. The summed E-state index contributed by atoms with van der Waals surface area (Å²) in [6.45, 7) is 1.12. The van der Waals surface area contributed by atoms with Crippen LogP contribution in [-0.4, -0.2) is 15.1 Å². The summed E-state index contributed by atoms with van der Waals surface area (Å²) in [6, 6.07) is 1.50. The van der Waals surface area contributed by atoms with Crippen molar-refractivity contribution < 1.29 is 9.50 Å². The molecule has 0 aliphatic heterocycles. The normalized spacial score (nSPS) is 14.2. The van der Waals surface area contributed by atoms with E-state index in [4.69, 9.17) is 0 Å². The lowest BCUT2D eigenvalue weighted by atomic mass is 10.1. The second kappa shape index (κ2) is 4.73. The number of hydrogen-bond acceptors (Lipinski definition) is 3. The third kappa shape index (κ3) is 2.19. The number of fused-ring (bicyclic) bond motifs is 1. The zero-order valence-electron chi connectivity index (χ0n) is 11.0. The van der Waals surface area contributed by atoms with Crippen LogP contribution in [0.5, 0.6) is 0 Å². The number of rotatable bonds is 1. The van der Waals surface area contributed by atoms with Crippen LogP contribution in [0.3, 0.4) is 0 Å². The highest BCUT2D eigenvalue weighted by Gasteiger charge is 2.19. The lowest BCUT2D eigenvalue weighted by Crippen LogP contribution is -2.13. The van der Waals surface area contributed by atoms with Gasteiger partial charge in [-0.2, -0.15) is 0 Å². The maximum atomic E-state index is 14.2. The van der Waals surface area contributed by atoms with Gasteiger partial charge in [0.15, 0.2) is 5.82 Å². The van der Waals surface area contributed by atoms with E-state index in [0.717, 1.165) is 12.8 Å². The SMILES string of the molecule is Cc1nc2c(C#CC3CC3)cc(CO)c(F)c2[nH]c1=O. The number of nitrogens with zero attached hydrogens (tertiary/aromatic N) is 1. The first-order chi connectivity index (χ1) is 9.60. The minimum atomic E-state index is -0.649. The Morgan fingerprint density at radius 3 is 2.95 bits per heavy atom. The van der Waals surface area contributed by atoms with Crippen LogP contribution in [0.1, 0.15) is 29.7 Å². The molecule has 1 aliphatic carbocycles. The number of halogens is 1. The number of benzene rings is 1. The van der Waals surface area contributed by atoms with Crippen LogP contribution >= 0.6 is 0 Å². The molecule has 0 saturated heterocycles. The molecule has 2 N–H and O–H groups in total. The summed E-state index contributed by atoms with van der Waals surface area (Å²) in [5, 5.41) is 9.22. The molecule has 1 aliphatic rings. The van der Waals surface area contributed by atoms with Crippen molar-refractivity contribution in [2.75, 3.05) is 0 Å². The summed E-state index contributed by atoms with van der Waals surface area (Å²) in [7, 11) is 0. The smallest absolute Gasteiger partial charge is 0.269 e. The summed E-state index contributed by atoms with van der Waals surface area (Å²) in [5.41, 5.74) is 0.823. The molecule has 0 atom stereocenters. The van der Waals surface area contributed by atoms with Gasteiger partial charge >= 0.3 is 0 Å². The van der Waals surface area contributed by atoms with Crippen LogP contribution in [0.2, 0.25) is 0 Å². The van der Waals surface area contributed by atoms with Crippen LogP contribution in [0, 0.1) is 30.5 Å². The van der Waals surface area contributed by atoms with Gasteiger partial charge in [0.25, 0.3) is 5.56 Å². The topological polar surface area (TPSA) is 66.0 Å². The zero-order valence-corrected chi connectivity index (χ0v) is 11.0. The Kier molecular flexibility index (Phi) is 3.03. The van der Waals surface area contributed by atoms with Crippen molar-refractivity contribution in [3.05, 3.63) is 39.1 Å². The molecule has 0 amide bonds. The fourth-order valence-electron chi connectivity index (χ4n) is 1.98. The highest BCUT2D eigenvalue weighted by Crippen LogP contribution is 2.28. The van der Waals surface area contributed by atoms with Gasteiger partial charge in [0.05, 0.1) is 12.2 Å². The maximum Gasteiger partial charge on any atom is 0.269 e. The van der Waals surface area contributed by atoms with Crippen molar-refractivity contribution in [3.63, 3.8) is 0 Å². The van der Waals surface area contributed by atoms with E-state index >= 15 is 0 Å². The number of aromatic amines is 1. The number of H-pyrrole nitrogens is 1. The quantitative estimate of drug-likeness (QED) is 0.775. The molecular formula is C15H13FN2O2. The first-order valence-corrected chi connectivity index (χ1v) is 6.44. The van der Waals surface area contributed by atoms with Crippen molar-refractivity contribution in [2.24, 2.45) is 5.92 Å². The predicted octanol–water partition coefficient (Wildman–Crippen LogP) is 1.62. The summed E-state index contributed by atoms with van der Waals surface area (Å²) in [4.78, 5) is 18.2. The molecule has 1 saturated carbocycles. The molecule has 2 aromatic rings. The molecule has 102 valence electrons. The van der Waals surface area contributed by atoms with Crippen LogP contribution in [0.25, 0.3) is 11.0 Å². The molecule has 1 aromatic heterocycles. The summed E-state index contributed by atoms with van der Waals surface area (Å²) in [6.07, 6.45) is 2.17. The van der Waals surface area contributed by atoms with E-state index < -0.39 is 18.0 Å². The van der Waals surface area contributed by atoms with Crippen molar-refractivity contribution >= 4 is 11.0 Å². The van der Waals surface area contributed by atoms with Gasteiger partial charge in [0.1, 0.15) is 16.7 Å². The first-order valence-electron chi connectivity index (χ1n) is 6.44. The molecule has 1 heterocycles. The first kappa shape index (κ1) is 12.8. The number of aliphatic hydroxyl groups excluding tert-OH is 1. The van der Waals surface area contributed by atoms with Gasteiger partial charge in [-0.3, -0.25) is 4.79 Å². The molecule has 0 radical (unpaired) electrons. The number of aryl methyl sites for hydroxylation is 1. The molecule has 4 nitrogen and oxygen atoms in total. The van der Waals surface area contributed by atoms with Crippen LogP contribution in [0.4, 0.5) is 4.39 Å². The Bertz CT molecular complexity index is 810. The predicted molar refractivity (Wildman–Crippen MR) is 72.6 cm³/mol. The van der Waals surface area contributed by atoms with Gasteiger partial charge in [-0.05, 0) is 25.8 Å². The van der Waals surface area contributed by atoms with Crippen LogP contribution in [0.15, 0.2) is 10.9 Å². The average Bonchev–Trinajstić information content (AvgIpc) is 3.24. The molecule has 5 heteroatoms. The fourth-order valence-corrected chi connectivity index (χ4v) is 1.98. The van der Waals surface area contributed by atoms with E-state index in [1.807, 2.05) is 0 Å². The van der Waals surface area contributed by atoms with Crippen molar-refractivity contribution in [1.29, 1.82) is 0 Å². The molecular weight excluding hydrogens is 259 g/mol. The van der Waals surface area contributed by atoms with Gasteiger partial charge in [0, 0.05) is 11.5 Å². The van der Waals surface area contributed by atoms with Crippen molar-refractivity contribution in [1.82, 2.24) is 9.97 Å². The number of aliphatic hydroxyl groups is 1. The number of hydrogen-bond donors (Lipinski definition) is 2. The standard InChI is InChI=1S/C15H13FN2O2/c1-8-15(20)18-14-12(16)11(7-19)6-10(13(14)17-8)5-4-9-2-3-9/h6,9,19H,2-3,7H2,1H3,(H,18,20). The second-order valence-electron chi connectivity index (χ2n) is 4.97. The van der Waals surface area contributed by atoms with Crippen LogP contribution < -0.4 is 5.56 Å². The van der Waals surface area contributed by atoms with Gasteiger partial charge in [-0.1, -0.05) is 11.8 Å². The molecule has 20 heavy (non-hydrogen) atoms. The maximum absolute atomic E-state index is 14.2. The van der Waals surface area contributed by atoms with Gasteiger partial charge in [-0.25, -0.2) is 9.37 Å². The summed E-state index contributed by atoms with van der Waals surface area (Å²) >= 11 is 0. The molecule has 1 fully saturated rings. The Morgan fingerprint density at radius 1 is 1.55 bits per heavy atom. The molecule has 1 aromatic carbocycles. The van der Waals surface area contributed by atoms with Gasteiger partial charge in [0.2, 0.25) is 0 Å². The zero-order chi connectivity index (χ0) is 14.3. The number of aromatic nitrogens is 2.